The molecule has 0 radical (unpaired) electrons. The van der Waals surface area contributed by atoms with Crippen LogP contribution in [0.4, 0.5) is 0 Å². The zero-order valence-corrected chi connectivity index (χ0v) is 16.0. The van der Waals surface area contributed by atoms with E-state index in [1.807, 2.05) is 31.2 Å². The third-order valence-corrected chi connectivity index (χ3v) is 5.78. The molecule has 0 aliphatic rings. The molecule has 0 aliphatic carbocycles. The Balaban J connectivity index is 2.05. The summed E-state index contributed by atoms with van der Waals surface area (Å²) in [7, 11) is 0.697. The summed E-state index contributed by atoms with van der Waals surface area (Å²) >= 11 is 3.38. The molecule has 2 rings (SSSR count). The van der Waals surface area contributed by atoms with E-state index in [4.69, 9.17) is 0 Å². The van der Waals surface area contributed by atoms with Gasteiger partial charge in [-0.1, -0.05) is 40.2 Å². The molecule has 23 heavy (non-hydrogen) atoms. The zero-order valence-electron chi connectivity index (χ0n) is 13.6. The maximum atomic E-state index is 12.4. The van der Waals surface area contributed by atoms with Gasteiger partial charge in [0.15, 0.2) is 0 Å². The van der Waals surface area contributed by atoms with E-state index in [-0.39, 0.29) is 11.4 Å². The second kappa shape index (κ2) is 7.57. The van der Waals surface area contributed by atoms with Crippen molar-refractivity contribution in [1.82, 2.24) is 4.72 Å². The first kappa shape index (κ1) is 18.1. The molecule has 2 aromatic rings. The fourth-order valence-corrected chi connectivity index (χ4v) is 3.58. The molecule has 0 spiro atoms. The molecule has 0 amide bonds. The molecule has 2 N–H and O–H groups in total. The molecule has 124 valence electrons. The van der Waals surface area contributed by atoms with Gasteiger partial charge in [0, 0.05) is 16.6 Å². The molecule has 0 unspecified atom stereocenters. The van der Waals surface area contributed by atoms with Gasteiger partial charge in [0.1, 0.15) is 6.54 Å². The van der Waals surface area contributed by atoms with Crippen molar-refractivity contribution in [3.05, 3.63) is 63.6 Å². The van der Waals surface area contributed by atoms with E-state index in [1.54, 1.807) is 18.2 Å². The van der Waals surface area contributed by atoms with Crippen molar-refractivity contribution >= 4 is 26.0 Å². The summed E-state index contributed by atoms with van der Waals surface area (Å²) in [4.78, 5) is 1.63. The van der Waals surface area contributed by atoms with Crippen LogP contribution in [0.3, 0.4) is 0 Å². The highest BCUT2D eigenvalue weighted by Crippen LogP contribution is 2.20. The fraction of sp³-hybridized carbons (Fsp3) is 0.294. The minimum Gasteiger partial charge on any atom is -0.336 e. The van der Waals surface area contributed by atoms with Crippen LogP contribution < -0.4 is 9.62 Å². The number of aryl methyl sites for hydroxylation is 1. The predicted octanol–water partition coefficient (Wildman–Crippen LogP) is 1.88. The van der Waals surface area contributed by atoms with E-state index in [9.17, 15) is 8.42 Å². The Morgan fingerprint density at radius 2 is 1.65 bits per heavy atom. The number of hydrogen-bond donors (Lipinski definition) is 2. The number of quaternary nitrogens is 1. The molecule has 0 saturated heterocycles. The topological polar surface area (TPSA) is 50.6 Å². The summed E-state index contributed by atoms with van der Waals surface area (Å²) in [5.41, 5.74) is 3.07. The minimum atomic E-state index is -3.50. The number of halogens is 1. The van der Waals surface area contributed by atoms with Crippen LogP contribution in [0, 0.1) is 6.92 Å². The Morgan fingerprint density at radius 1 is 1.04 bits per heavy atom. The van der Waals surface area contributed by atoms with Crippen LogP contribution in [0.5, 0.6) is 0 Å². The van der Waals surface area contributed by atoms with E-state index < -0.39 is 10.0 Å². The monoisotopic (exact) mass is 397 g/mol. The van der Waals surface area contributed by atoms with Crippen LogP contribution in [-0.2, 0) is 23.1 Å². The van der Waals surface area contributed by atoms with Gasteiger partial charge in [-0.2, -0.15) is 0 Å². The standard InChI is InChI=1S/C17H21BrN2O2S/c1-13-10-16(8-9-17(13)18)23(21,22)19-11-14-4-6-15(7-5-14)12-20(2)3/h4-10,19H,11-12H2,1-3H3/p+1. The molecule has 6 heteroatoms. The maximum Gasteiger partial charge on any atom is 0.240 e. The van der Waals surface area contributed by atoms with E-state index >= 15 is 0 Å². The van der Waals surface area contributed by atoms with E-state index in [2.05, 4.69) is 34.7 Å². The predicted molar refractivity (Wildman–Crippen MR) is 95.9 cm³/mol. The van der Waals surface area contributed by atoms with Crippen molar-refractivity contribution in [2.75, 3.05) is 14.1 Å². The SMILES string of the molecule is Cc1cc(S(=O)(=O)NCc2ccc(C[NH+](C)C)cc2)ccc1Br. The Kier molecular flexibility index (Phi) is 5.97. The molecule has 0 saturated carbocycles. The lowest BCUT2D eigenvalue weighted by molar-refractivity contribution is -0.872. The lowest BCUT2D eigenvalue weighted by Crippen LogP contribution is -3.04. The van der Waals surface area contributed by atoms with Crippen LogP contribution in [0.2, 0.25) is 0 Å². The lowest BCUT2D eigenvalue weighted by Gasteiger charge is -2.10. The lowest BCUT2D eigenvalue weighted by atomic mass is 10.1. The van der Waals surface area contributed by atoms with Crippen molar-refractivity contribution in [3.63, 3.8) is 0 Å². The molecule has 2 aromatic carbocycles. The number of rotatable bonds is 6. The van der Waals surface area contributed by atoms with Crippen molar-refractivity contribution in [2.45, 2.75) is 24.9 Å². The molecule has 0 atom stereocenters. The van der Waals surface area contributed by atoms with Crippen LogP contribution in [0.15, 0.2) is 51.8 Å². The van der Waals surface area contributed by atoms with E-state index in [1.165, 1.54) is 10.5 Å². The van der Waals surface area contributed by atoms with Crippen molar-refractivity contribution in [2.24, 2.45) is 0 Å². The van der Waals surface area contributed by atoms with Gasteiger partial charge >= 0.3 is 0 Å². The van der Waals surface area contributed by atoms with Crippen LogP contribution >= 0.6 is 15.9 Å². The van der Waals surface area contributed by atoms with Gasteiger partial charge in [-0.3, -0.25) is 0 Å². The number of sulfonamides is 1. The van der Waals surface area contributed by atoms with Crippen molar-refractivity contribution in [1.29, 1.82) is 0 Å². The van der Waals surface area contributed by atoms with Gasteiger partial charge in [-0.25, -0.2) is 13.1 Å². The summed E-state index contributed by atoms with van der Waals surface area (Å²) in [6.07, 6.45) is 0. The highest BCUT2D eigenvalue weighted by atomic mass is 79.9. The second-order valence-electron chi connectivity index (χ2n) is 5.94. The van der Waals surface area contributed by atoms with Crippen molar-refractivity contribution < 1.29 is 13.3 Å². The van der Waals surface area contributed by atoms with Gasteiger partial charge in [0.05, 0.1) is 19.0 Å². The average Bonchev–Trinajstić information content (AvgIpc) is 2.49. The molecule has 0 fully saturated rings. The summed E-state index contributed by atoms with van der Waals surface area (Å²) in [5, 5.41) is 0. The van der Waals surface area contributed by atoms with Gasteiger partial charge in [0.25, 0.3) is 0 Å². The Labute approximate surface area is 146 Å². The molecular formula is C17H22BrN2O2S+. The second-order valence-corrected chi connectivity index (χ2v) is 8.56. The fourth-order valence-electron chi connectivity index (χ4n) is 2.23. The Bertz CT molecular complexity index is 772. The van der Waals surface area contributed by atoms with Crippen LogP contribution in [0.1, 0.15) is 16.7 Å². The molecule has 0 bridgehead atoms. The number of hydrogen-bond acceptors (Lipinski definition) is 2. The number of benzene rings is 2. The first-order chi connectivity index (χ1) is 10.8. The van der Waals surface area contributed by atoms with Crippen LogP contribution in [-0.4, -0.2) is 22.5 Å². The molecule has 4 nitrogen and oxygen atoms in total. The summed E-state index contributed by atoms with van der Waals surface area (Å²) in [6.45, 7) is 3.10. The normalized spacial score (nSPS) is 11.9. The summed E-state index contributed by atoms with van der Waals surface area (Å²) in [5.74, 6) is 0. The number of nitrogens with one attached hydrogen (secondary N) is 2. The first-order valence-corrected chi connectivity index (χ1v) is 9.68. The quantitative estimate of drug-likeness (QED) is 0.781. The smallest absolute Gasteiger partial charge is 0.240 e. The minimum absolute atomic E-state index is 0.283. The molecular weight excluding hydrogens is 376 g/mol. The van der Waals surface area contributed by atoms with Gasteiger partial charge in [-0.05, 0) is 36.2 Å². The Hall–Kier alpha value is -1.21. The van der Waals surface area contributed by atoms with Crippen molar-refractivity contribution in [3.8, 4) is 0 Å². The average molecular weight is 398 g/mol. The largest absolute Gasteiger partial charge is 0.336 e. The molecule has 0 aromatic heterocycles. The van der Waals surface area contributed by atoms with Crippen LogP contribution in [0.25, 0.3) is 0 Å². The van der Waals surface area contributed by atoms with E-state index in [0.717, 1.165) is 22.1 Å². The maximum absolute atomic E-state index is 12.4. The highest BCUT2D eigenvalue weighted by Gasteiger charge is 2.14. The Morgan fingerprint density at radius 3 is 2.22 bits per heavy atom. The third-order valence-electron chi connectivity index (χ3n) is 3.49. The first-order valence-electron chi connectivity index (χ1n) is 7.40. The zero-order chi connectivity index (χ0) is 17.0. The summed E-state index contributed by atoms with van der Waals surface area (Å²) < 4.78 is 28.3. The van der Waals surface area contributed by atoms with Gasteiger partial charge in [0.2, 0.25) is 10.0 Å². The van der Waals surface area contributed by atoms with Gasteiger partial charge < -0.3 is 4.90 Å². The molecule has 0 heterocycles. The molecule has 0 aliphatic heterocycles. The van der Waals surface area contributed by atoms with E-state index in [0.29, 0.717) is 0 Å². The van der Waals surface area contributed by atoms with Gasteiger partial charge in [-0.15, -0.1) is 0 Å². The highest BCUT2D eigenvalue weighted by molar-refractivity contribution is 9.10. The summed E-state index contributed by atoms with van der Waals surface area (Å²) in [6, 6.07) is 13.0. The third kappa shape index (κ3) is 5.14.